The number of carbonyl (C=O) groups is 1. The van der Waals surface area contributed by atoms with E-state index in [1.54, 1.807) is 13.2 Å². The van der Waals surface area contributed by atoms with E-state index >= 15 is 0 Å². The number of halogens is 1. The van der Waals surface area contributed by atoms with Crippen molar-refractivity contribution in [1.29, 1.82) is 0 Å². The molecule has 94 valence electrons. The summed E-state index contributed by atoms with van der Waals surface area (Å²) < 4.78 is 10.7. The Morgan fingerprint density at radius 3 is 2.67 bits per heavy atom. The number of carboxylic acids is 1. The first kappa shape index (κ1) is 12.6. The van der Waals surface area contributed by atoms with E-state index in [9.17, 15) is 4.79 Å². The third kappa shape index (κ3) is 2.24. The van der Waals surface area contributed by atoms with E-state index in [0.29, 0.717) is 5.69 Å². The number of ether oxygens (including phenoxy) is 1. The molecule has 2 rings (SSSR count). The van der Waals surface area contributed by atoms with Crippen molar-refractivity contribution in [2.75, 3.05) is 7.11 Å². The predicted octanol–water partition coefficient (Wildman–Crippen LogP) is 3.12. The molecule has 0 unspecified atom stereocenters. The van der Waals surface area contributed by atoms with Gasteiger partial charge < -0.3 is 14.4 Å². The van der Waals surface area contributed by atoms with Gasteiger partial charge in [0.15, 0.2) is 0 Å². The number of hydrogen-bond acceptors (Lipinski definition) is 4. The number of aryl methyl sites for hydroxylation is 1. The van der Waals surface area contributed by atoms with Crippen LogP contribution in [0.4, 0.5) is 0 Å². The summed E-state index contributed by atoms with van der Waals surface area (Å²) in [6.45, 7) is 1.89. The van der Waals surface area contributed by atoms with Gasteiger partial charge in [-0.1, -0.05) is 5.16 Å². The van der Waals surface area contributed by atoms with Crippen LogP contribution in [0.2, 0.25) is 0 Å². The summed E-state index contributed by atoms with van der Waals surface area (Å²) in [5.41, 5.74) is 2.15. The van der Waals surface area contributed by atoms with Gasteiger partial charge in [0.25, 0.3) is 0 Å². The normalized spacial score (nSPS) is 10.4. The molecular weight excluding hydrogens is 302 g/mol. The Labute approximate surface area is 111 Å². The molecule has 1 aromatic heterocycles. The number of carboxylic acid groups (broad SMARTS) is 1. The van der Waals surface area contributed by atoms with Gasteiger partial charge in [-0.2, -0.15) is 0 Å². The Balaban J connectivity index is 2.47. The standard InChI is InChI=1S/C12H10BrNO4/c1-6-3-7(4-8(13)11(6)17-2)9-5-10(12(15)16)18-14-9/h3-5H,1-2H3,(H,15,16). The summed E-state index contributed by atoms with van der Waals surface area (Å²) in [5.74, 6) is -0.589. The summed E-state index contributed by atoms with van der Waals surface area (Å²) in [6, 6.07) is 5.04. The number of methoxy groups -OCH3 is 1. The maximum absolute atomic E-state index is 10.7. The molecule has 1 aromatic carbocycles. The molecule has 0 amide bonds. The molecule has 0 aliphatic carbocycles. The minimum atomic E-state index is -1.14. The van der Waals surface area contributed by atoms with Gasteiger partial charge in [-0.25, -0.2) is 4.79 Å². The average molecular weight is 312 g/mol. The van der Waals surface area contributed by atoms with Gasteiger partial charge in [-0.05, 0) is 40.5 Å². The fourth-order valence-corrected chi connectivity index (χ4v) is 2.37. The zero-order valence-corrected chi connectivity index (χ0v) is 11.3. The number of benzene rings is 1. The number of rotatable bonds is 3. The van der Waals surface area contributed by atoms with Crippen molar-refractivity contribution in [3.63, 3.8) is 0 Å². The average Bonchev–Trinajstić information content (AvgIpc) is 2.77. The van der Waals surface area contributed by atoms with Crippen LogP contribution in [0.5, 0.6) is 5.75 Å². The van der Waals surface area contributed by atoms with Gasteiger partial charge in [-0.3, -0.25) is 0 Å². The van der Waals surface area contributed by atoms with E-state index in [2.05, 4.69) is 21.1 Å². The van der Waals surface area contributed by atoms with Crippen LogP contribution in [0, 0.1) is 6.92 Å². The largest absolute Gasteiger partial charge is 0.495 e. The molecule has 0 saturated heterocycles. The highest BCUT2D eigenvalue weighted by Gasteiger charge is 2.14. The first-order valence-corrected chi connectivity index (χ1v) is 5.86. The zero-order valence-electron chi connectivity index (χ0n) is 9.73. The topological polar surface area (TPSA) is 72.6 Å². The Kier molecular flexibility index (Phi) is 3.38. The Morgan fingerprint density at radius 2 is 2.17 bits per heavy atom. The van der Waals surface area contributed by atoms with Crippen molar-refractivity contribution < 1.29 is 19.2 Å². The second-order valence-electron chi connectivity index (χ2n) is 3.69. The van der Waals surface area contributed by atoms with Crippen molar-refractivity contribution in [1.82, 2.24) is 5.16 Å². The van der Waals surface area contributed by atoms with Crippen molar-refractivity contribution in [2.24, 2.45) is 0 Å². The van der Waals surface area contributed by atoms with E-state index in [0.717, 1.165) is 21.3 Å². The molecule has 2 aromatic rings. The highest BCUT2D eigenvalue weighted by molar-refractivity contribution is 9.10. The summed E-state index contributed by atoms with van der Waals surface area (Å²) in [6.07, 6.45) is 0. The van der Waals surface area contributed by atoms with Crippen LogP contribution in [-0.4, -0.2) is 23.3 Å². The molecule has 5 nitrogen and oxygen atoms in total. The molecule has 1 heterocycles. The predicted molar refractivity (Wildman–Crippen MR) is 67.9 cm³/mol. The Hall–Kier alpha value is -1.82. The number of nitrogens with zero attached hydrogens (tertiary/aromatic N) is 1. The molecule has 1 N–H and O–H groups in total. The van der Waals surface area contributed by atoms with Gasteiger partial charge in [-0.15, -0.1) is 0 Å². The molecule has 0 aliphatic heterocycles. The lowest BCUT2D eigenvalue weighted by Crippen LogP contribution is -1.92. The van der Waals surface area contributed by atoms with E-state index in [-0.39, 0.29) is 5.76 Å². The van der Waals surface area contributed by atoms with Crippen LogP contribution in [0.1, 0.15) is 16.1 Å². The molecular formula is C12H10BrNO4. The summed E-state index contributed by atoms with van der Waals surface area (Å²) in [5, 5.41) is 12.5. The van der Waals surface area contributed by atoms with Gasteiger partial charge >= 0.3 is 5.97 Å². The molecule has 0 saturated carbocycles. The third-order valence-electron chi connectivity index (χ3n) is 2.45. The second-order valence-corrected chi connectivity index (χ2v) is 4.54. The van der Waals surface area contributed by atoms with Crippen molar-refractivity contribution in [3.05, 3.63) is 34.0 Å². The third-order valence-corrected chi connectivity index (χ3v) is 3.04. The molecule has 0 aliphatic rings. The van der Waals surface area contributed by atoms with Gasteiger partial charge in [0.1, 0.15) is 11.4 Å². The molecule has 0 spiro atoms. The summed E-state index contributed by atoms with van der Waals surface area (Å²) in [7, 11) is 1.59. The monoisotopic (exact) mass is 311 g/mol. The highest BCUT2D eigenvalue weighted by Crippen LogP contribution is 2.33. The van der Waals surface area contributed by atoms with Crippen LogP contribution >= 0.6 is 15.9 Å². The molecule has 18 heavy (non-hydrogen) atoms. The second kappa shape index (κ2) is 4.81. The minimum Gasteiger partial charge on any atom is -0.495 e. The van der Waals surface area contributed by atoms with Gasteiger partial charge in [0, 0.05) is 11.6 Å². The lowest BCUT2D eigenvalue weighted by molar-refractivity contribution is 0.0652. The minimum absolute atomic E-state index is 0.186. The lowest BCUT2D eigenvalue weighted by atomic mass is 10.1. The fraction of sp³-hybridized carbons (Fsp3) is 0.167. The first-order chi connectivity index (χ1) is 8.52. The molecule has 0 atom stereocenters. The van der Waals surface area contributed by atoms with E-state index in [4.69, 9.17) is 14.4 Å². The van der Waals surface area contributed by atoms with Crippen LogP contribution in [0.3, 0.4) is 0 Å². The Morgan fingerprint density at radius 1 is 1.44 bits per heavy atom. The van der Waals surface area contributed by atoms with Crippen molar-refractivity contribution in [3.8, 4) is 17.0 Å². The van der Waals surface area contributed by atoms with Gasteiger partial charge in [0.05, 0.1) is 11.6 Å². The number of aromatic carboxylic acids is 1. The van der Waals surface area contributed by atoms with E-state index < -0.39 is 5.97 Å². The first-order valence-electron chi connectivity index (χ1n) is 5.07. The van der Waals surface area contributed by atoms with Crippen LogP contribution < -0.4 is 4.74 Å². The zero-order chi connectivity index (χ0) is 13.3. The van der Waals surface area contributed by atoms with Crippen LogP contribution in [-0.2, 0) is 0 Å². The maximum atomic E-state index is 10.7. The summed E-state index contributed by atoms with van der Waals surface area (Å²) in [4.78, 5) is 10.7. The molecule has 0 bridgehead atoms. The smallest absolute Gasteiger partial charge is 0.374 e. The van der Waals surface area contributed by atoms with Crippen molar-refractivity contribution >= 4 is 21.9 Å². The number of hydrogen-bond donors (Lipinski definition) is 1. The van der Waals surface area contributed by atoms with Gasteiger partial charge in [0.2, 0.25) is 5.76 Å². The molecule has 6 heteroatoms. The molecule has 0 fully saturated rings. The maximum Gasteiger partial charge on any atom is 0.374 e. The van der Waals surface area contributed by atoms with Crippen LogP contribution in [0.25, 0.3) is 11.3 Å². The fourth-order valence-electron chi connectivity index (χ4n) is 1.65. The number of aromatic nitrogens is 1. The van der Waals surface area contributed by atoms with Crippen molar-refractivity contribution in [2.45, 2.75) is 6.92 Å². The SMILES string of the molecule is COc1c(C)cc(-c2cc(C(=O)O)on2)cc1Br. The Bertz CT molecular complexity index is 583. The highest BCUT2D eigenvalue weighted by atomic mass is 79.9. The van der Waals surface area contributed by atoms with E-state index in [1.807, 2.05) is 13.0 Å². The quantitative estimate of drug-likeness (QED) is 0.942. The lowest BCUT2D eigenvalue weighted by Gasteiger charge is -2.08. The van der Waals surface area contributed by atoms with Crippen LogP contribution in [0.15, 0.2) is 27.2 Å². The van der Waals surface area contributed by atoms with E-state index in [1.165, 1.54) is 6.07 Å². The summed E-state index contributed by atoms with van der Waals surface area (Å²) >= 11 is 3.39. The molecule has 0 radical (unpaired) electrons.